The Hall–Kier alpha value is -1.96. The minimum Gasteiger partial charge on any atom is -0.360 e. The predicted molar refractivity (Wildman–Crippen MR) is 71.5 cm³/mol. The summed E-state index contributed by atoms with van der Waals surface area (Å²) >= 11 is 5.80. The van der Waals surface area contributed by atoms with Gasteiger partial charge in [-0.2, -0.15) is 5.10 Å². The molecule has 0 aliphatic carbocycles. The van der Waals surface area contributed by atoms with Crippen molar-refractivity contribution in [2.75, 3.05) is 5.32 Å². The molecule has 0 radical (unpaired) electrons. The Kier molecular flexibility index (Phi) is 4.26. The number of rotatable bonds is 4. The van der Waals surface area contributed by atoms with Crippen molar-refractivity contribution >= 4 is 23.3 Å². The number of nitrogens with zero attached hydrogens (tertiary/aromatic N) is 3. The van der Waals surface area contributed by atoms with Gasteiger partial charge in [-0.15, -0.1) is 0 Å². The Morgan fingerprint density at radius 1 is 1.48 bits per heavy atom. The highest BCUT2D eigenvalue weighted by Gasteiger charge is 2.26. The molecule has 6 nitrogen and oxygen atoms in total. The molecule has 0 saturated heterocycles. The zero-order valence-electron chi connectivity index (χ0n) is 11.5. The summed E-state index contributed by atoms with van der Waals surface area (Å²) in [5, 5.41) is 9.70. The normalized spacial score (nSPS) is 12.7. The quantitative estimate of drug-likeness (QED) is 0.939. The van der Waals surface area contributed by atoms with Crippen LogP contribution in [-0.2, 0) is 4.79 Å². The van der Waals surface area contributed by atoms with Gasteiger partial charge in [0.2, 0.25) is 5.91 Å². The van der Waals surface area contributed by atoms with Gasteiger partial charge < -0.3 is 9.84 Å². The van der Waals surface area contributed by atoms with Crippen LogP contribution in [0.15, 0.2) is 10.6 Å². The van der Waals surface area contributed by atoms with Crippen LogP contribution in [0, 0.1) is 13.8 Å². The van der Waals surface area contributed by atoms with Crippen LogP contribution in [0.3, 0.4) is 0 Å². The van der Waals surface area contributed by atoms with Gasteiger partial charge in [0.1, 0.15) is 17.5 Å². The van der Waals surface area contributed by atoms with Crippen molar-refractivity contribution in [3.63, 3.8) is 0 Å². The van der Waals surface area contributed by atoms with Crippen LogP contribution in [-0.4, -0.2) is 20.8 Å². The second kappa shape index (κ2) is 5.80. The molecule has 0 aromatic carbocycles. The summed E-state index contributed by atoms with van der Waals surface area (Å²) in [6, 6.07) is 0.713. The fraction of sp³-hybridized carbons (Fsp3) is 0.417. The molecule has 0 aliphatic heterocycles. The lowest BCUT2D eigenvalue weighted by Gasteiger charge is -2.13. The van der Waals surface area contributed by atoms with Crippen LogP contribution in [0.25, 0.3) is 0 Å². The van der Waals surface area contributed by atoms with Crippen LogP contribution in [0.4, 0.5) is 14.6 Å². The summed E-state index contributed by atoms with van der Waals surface area (Å²) in [5.74, 6) is 0.317. The van der Waals surface area contributed by atoms with E-state index in [2.05, 4.69) is 15.6 Å². The fourth-order valence-corrected chi connectivity index (χ4v) is 2.01. The highest BCUT2D eigenvalue weighted by molar-refractivity contribution is 6.31. The molecule has 2 rings (SSSR count). The number of aryl methyl sites for hydroxylation is 1. The SMILES string of the molecule is Cc1cc(NC(=O)[C@H](C)n2nc(C(F)F)c(Cl)c2C)no1. The minimum atomic E-state index is -2.80. The van der Waals surface area contributed by atoms with Crippen LogP contribution in [0.5, 0.6) is 0 Å². The summed E-state index contributed by atoms with van der Waals surface area (Å²) in [5.41, 5.74) is -0.239. The number of halogens is 3. The number of alkyl halides is 2. The molecule has 0 spiro atoms. The Balaban J connectivity index is 2.21. The van der Waals surface area contributed by atoms with E-state index in [-0.39, 0.29) is 10.8 Å². The number of amides is 1. The third-order valence-corrected chi connectivity index (χ3v) is 3.40. The average Bonchev–Trinajstić information content (AvgIpc) is 2.94. The van der Waals surface area contributed by atoms with Crippen molar-refractivity contribution in [2.24, 2.45) is 0 Å². The summed E-state index contributed by atoms with van der Waals surface area (Å²) in [7, 11) is 0. The third-order valence-electron chi connectivity index (χ3n) is 2.93. The van der Waals surface area contributed by atoms with E-state index < -0.39 is 24.1 Å². The maximum atomic E-state index is 12.8. The van der Waals surface area contributed by atoms with E-state index in [0.29, 0.717) is 11.5 Å². The van der Waals surface area contributed by atoms with E-state index in [9.17, 15) is 13.6 Å². The zero-order chi connectivity index (χ0) is 15.7. The van der Waals surface area contributed by atoms with E-state index in [4.69, 9.17) is 16.1 Å². The topological polar surface area (TPSA) is 73.0 Å². The molecule has 2 heterocycles. The molecule has 9 heteroatoms. The molecular weight excluding hydrogens is 306 g/mol. The van der Waals surface area contributed by atoms with Gasteiger partial charge >= 0.3 is 0 Å². The van der Waals surface area contributed by atoms with Crippen molar-refractivity contribution in [2.45, 2.75) is 33.2 Å². The summed E-state index contributed by atoms with van der Waals surface area (Å²) < 4.78 is 31.5. The number of carbonyl (C=O) groups is 1. The Bertz CT molecular complexity index is 668. The van der Waals surface area contributed by atoms with Crippen LogP contribution >= 0.6 is 11.6 Å². The smallest absolute Gasteiger partial charge is 0.283 e. The summed E-state index contributed by atoms with van der Waals surface area (Å²) in [4.78, 5) is 12.1. The Labute approximate surface area is 124 Å². The monoisotopic (exact) mass is 318 g/mol. The lowest BCUT2D eigenvalue weighted by molar-refractivity contribution is -0.119. The van der Waals surface area contributed by atoms with Gasteiger partial charge in [-0.05, 0) is 20.8 Å². The fourth-order valence-electron chi connectivity index (χ4n) is 1.80. The largest absolute Gasteiger partial charge is 0.360 e. The number of hydrogen-bond acceptors (Lipinski definition) is 4. The van der Waals surface area contributed by atoms with Gasteiger partial charge in [0.05, 0.1) is 10.7 Å². The van der Waals surface area contributed by atoms with E-state index in [0.717, 1.165) is 4.68 Å². The van der Waals surface area contributed by atoms with Crippen molar-refractivity contribution in [3.8, 4) is 0 Å². The van der Waals surface area contributed by atoms with Crippen molar-refractivity contribution in [3.05, 3.63) is 28.2 Å². The Morgan fingerprint density at radius 2 is 2.14 bits per heavy atom. The van der Waals surface area contributed by atoms with Gasteiger partial charge in [0.15, 0.2) is 5.82 Å². The van der Waals surface area contributed by atoms with Crippen molar-refractivity contribution in [1.29, 1.82) is 0 Å². The first-order chi connectivity index (χ1) is 9.81. The molecule has 2 aromatic rings. The number of nitrogens with one attached hydrogen (secondary N) is 1. The number of hydrogen-bond donors (Lipinski definition) is 1. The summed E-state index contributed by atoms with van der Waals surface area (Å²) in [6.45, 7) is 4.72. The zero-order valence-corrected chi connectivity index (χ0v) is 12.3. The van der Waals surface area contributed by atoms with Gasteiger partial charge in [0.25, 0.3) is 6.43 Å². The molecule has 1 atom stereocenters. The van der Waals surface area contributed by atoms with Crippen LogP contribution < -0.4 is 5.32 Å². The maximum absolute atomic E-state index is 12.8. The van der Waals surface area contributed by atoms with Crippen LogP contribution in [0.1, 0.15) is 36.5 Å². The molecule has 0 bridgehead atoms. The van der Waals surface area contributed by atoms with E-state index in [1.165, 1.54) is 19.9 Å². The lowest BCUT2D eigenvalue weighted by atomic mass is 10.3. The second-order valence-electron chi connectivity index (χ2n) is 4.52. The first kappa shape index (κ1) is 15.4. The highest BCUT2D eigenvalue weighted by Crippen LogP contribution is 2.30. The van der Waals surface area contributed by atoms with E-state index in [1.807, 2.05) is 0 Å². The molecular formula is C12H13ClF2N4O2. The first-order valence-corrected chi connectivity index (χ1v) is 6.46. The number of anilines is 1. The molecule has 0 aliphatic rings. The highest BCUT2D eigenvalue weighted by atomic mass is 35.5. The Morgan fingerprint density at radius 3 is 2.62 bits per heavy atom. The number of carbonyl (C=O) groups excluding carboxylic acids is 1. The summed E-state index contributed by atoms with van der Waals surface area (Å²) in [6.07, 6.45) is -2.80. The van der Waals surface area contributed by atoms with Gasteiger partial charge in [-0.25, -0.2) is 8.78 Å². The first-order valence-electron chi connectivity index (χ1n) is 6.08. The molecule has 1 amide bonds. The van der Waals surface area contributed by atoms with Gasteiger partial charge in [-0.3, -0.25) is 9.48 Å². The van der Waals surface area contributed by atoms with Crippen molar-refractivity contribution in [1.82, 2.24) is 14.9 Å². The van der Waals surface area contributed by atoms with Crippen LogP contribution in [0.2, 0.25) is 5.02 Å². The maximum Gasteiger partial charge on any atom is 0.283 e. The third kappa shape index (κ3) is 3.05. The molecule has 0 saturated carbocycles. The molecule has 114 valence electrons. The predicted octanol–water partition coefficient (Wildman–Crippen LogP) is 3.28. The molecule has 2 aromatic heterocycles. The average molecular weight is 319 g/mol. The molecule has 0 unspecified atom stereocenters. The lowest BCUT2D eigenvalue weighted by Crippen LogP contribution is -2.25. The second-order valence-corrected chi connectivity index (χ2v) is 4.90. The number of aromatic nitrogens is 3. The molecule has 1 N–H and O–H groups in total. The van der Waals surface area contributed by atoms with E-state index in [1.54, 1.807) is 6.92 Å². The van der Waals surface area contributed by atoms with Gasteiger partial charge in [-0.1, -0.05) is 16.8 Å². The van der Waals surface area contributed by atoms with Gasteiger partial charge in [0, 0.05) is 6.07 Å². The molecule has 0 fully saturated rings. The molecule has 21 heavy (non-hydrogen) atoms. The standard InChI is InChI=1S/C12H13ClF2N4O2/c1-5-4-8(18-21-5)16-12(20)7(3)19-6(2)9(13)10(17-19)11(14)15/h4,7,11H,1-3H3,(H,16,18,20)/t7-/m0/s1. The minimum absolute atomic E-state index is 0.137. The van der Waals surface area contributed by atoms with E-state index >= 15 is 0 Å². The van der Waals surface area contributed by atoms with Crippen molar-refractivity contribution < 1.29 is 18.1 Å².